The lowest BCUT2D eigenvalue weighted by molar-refractivity contribution is -0.126. The summed E-state index contributed by atoms with van der Waals surface area (Å²) in [6.45, 7) is 7.96. The van der Waals surface area contributed by atoms with Crippen LogP contribution < -0.4 is 0 Å². The van der Waals surface area contributed by atoms with Gasteiger partial charge in [0.2, 0.25) is 0 Å². The zero-order chi connectivity index (χ0) is 11.5. The van der Waals surface area contributed by atoms with Gasteiger partial charge in [-0.05, 0) is 19.8 Å². The summed E-state index contributed by atoms with van der Waals surface area (Å²) in [5.74, 6) is 0.352. The van der Waals surface area contributed by atoms with E-state index in [0.29, 0.717) is 12.2 Å². The van der Waals surface area contributed by atoms with Crippen LogP contribution in [0.25, 0.3) is 0 Å². The highest BCUT2D eigenvalue weighted by Gasteiger charge is 2.20. The van der Waals surface area contributed by atoms with Gasteiger partial charge >= 0.3 is 0 Å². The minimum absolute atomic E-state index is 0.192. The highest BCUT2D eigenvalue weighted by atomic mass is 32.1. The lowest BCUT2D eigenvalue weighted by Crippen LogP contribution is -2.19. The maximum absolute atomic E-state index is 11.7. The van der Waals surface area contributed by atoms with Crippen LogP contribution in [0.2, 0.25) is 0 Å². The second kappa shape index (κ2) is 4.88. The number of Topliss-reactive ketones (excluding diaryl/α,β-unsaturated/α-hetero) is 1. The van der Waals surface area contributed by atoms with Gasteiger partial charge in [0.15, 0.2) is 0 Å². The van der Waals surface area contributed by atoms with Crippen molar-refractivity contribution >= 4 is 17.1 Å². The molecule has 0 fully saturated rings. The smallest absolute Gasteiger partial charge is 0.138 e. The molecule has 0 saturated heterocycles. The van der Waals surface area contributed by atoms with Crippen molar-refractivity contribution in [2.24, 2.45) is 5.41 Å². The predicted octanol–water partition coefficient (Wildman–Crippen LogP) is 3.39. The van der Waals surface area contributed by atoms with Crippen molar-refractivity contribution < 1.29 is 4.79 Å². The first kappa shape index (κ1) is 12.4. The topological polar surface area (TPSA) is 30.0 Å². The molecule has 1 aromatic heterocycles. The molecule has 1 aromatic rings. The normalized spacial score (nSPS) is 11.7. The highest BCUT2D eigenvalue weighted by molar-refractivity contribution is 7.09. The van der Waals surface area contributed by atoms with Crippen molar-refractivity contribution in [3.63, 3.8) is 0 Å². The van der Waals surface area contributed by atoms with Crippen LogP contribution in [0.15, 0.2) is 5.51 Å². The number of hydrogen-bond donors (Lipinski definition) is 0. The molecular weight excluding hydrogens is 206 g/mol. The predicted molar refractivity (Wildman–Crippen MR) is 64.3 cm³/mol. The minimum atomic E-state index is -0.192. The van der Waals surface area contributed by atoms with Crippen LogP contribution in [-0.4, -0.2) is 10.8 Å². The minimum Gasteiger partial charge on any atom is -0.299 e. The van der Waals surface area contributed by atoms with Gasteiger partial charge in [-0.3, -0.25) is 4.79 Å². The van der Waals surface area contributed by atoms with E-state index in [-0.39, 0.29) is 5.41 Å². The fraction of sp³-hybridized carbons (Fsp3) is 0.667. The summed E-state index contributed by atoms with van der Waals surface area (Å²) in [5.41, 5.74) is 2.79. The fourth-order valence-corrected chi connectivity index (χ4v) is 2.17. The van der Waals surface area contributed by atoms with Crippen molar-refractivity contribution in [1.82, 2.24) is 4.98 Å². The van der Waals surface area contributed by atoms with Crippen LogP contribution in [0.5, 0.6) is 0 Å². The Balaban J connectivity index is 2.35. The molecule has 0 unspecified atom stereocenters. The Kier molecular flexibility index (Phi) is 4.03. The summed E-state index contributed by atoms with van der Waals surface area (Å²) in [4.78, 5) is 17.2. The lowest BCUT2D eigenvalue weighted by Gasteiger charge is -2.15. The summed E-state index contributed by atoms with van der Waals surface area (Å²) < 4.78 is 0. The van der Waals surface area contributed by atoms with Crippen molar-refractivity contribution in [3.05, 3.63) is 16.1 Å². The summed E-state index contributed by atoms with van der Waals surface area (Å²) in [5, 5.41) is 0. The largest absolute Gasteiger partial charge is 0.299 e. The molecule has 0 bridgehead atoms. The third kappa shape index (κ3) is 3.74. The molecule has 0 saturated carbocycles. The molecule has 0 aliphatic carbocycles. The molecule has 84 valence electrons. The van der Waals surface area contributed by atoms with Gasteiger partial charge in [-0.25, -0.2) is 4.98 Å². The molecule has 0 spiro atoms. The quantitative estimate of drug-likeness (QED) is 0.786. The van der Waals surface area contributed by atoms with Crippen molar-refractivity contribution in [2.45, 2.75) is 47.0 Å². The van der Waals surface area contributed by atoms with Crippen LogP contribution in [0.1, 0.15) is 44.2 Å². The first-order valence-electron chi connectivity index (χ1n) is 5.33. The number of carbonyl (C=O) groups is 1. The zero-order valence-electron chi connectivity index (χ0n) is 9.96. The van der Waals surface area contributed by atoms with Crippen molar-refractivity contribution in [1.29, 1.82) is 0 Å². The van der Waals surface area contributed by atoms with Gasteiger partial charge in [0, 0.05) is 16.7 Å². The number of ketones is 1. The Morgan fingerprint density at radius 3 is 2.60 bits per heavy atom. The fourth-order valence-electron chi connectivity index (χ4n) is 1.35. The Hall–Kier alpha value is -0.700. The van der Waals surface area contributed by atoms with E-state index in [9.17, 15) is 4.79 Å². The zero-order valence-corrected chi connectivity index (χ0v) is 10.8. The van der Waals surface area contributed by atoms with Crippen molar-refractivity contribution in [2.75, 3.05) is 0 Å². The van der Waals surface area contributed by atoms with Gasteiger partial charge in [0.05, 0.1) is 11.2 Å². The van der Waals surface area contributed by atoms with Gasteiger partial charge in [0.25, 0.3) is 0 Å². The summed E-state index contributed by atoms with van der Waals surface area (Å²) in [7, 11) is 0. The third-order valence-electron chi connectivity index (χ3n) is 2.49. The Morgan fingerprint density at radius 1 is 1.47 bits per heavy atom. The Morgan fingerprint density at radius 2 is 2.13 bits per heavy atom. The first-order chi connectivity index (χ1) is 6.91. The van der Waals surface area contributed by atoms with E-state index in [1.54, 1.807) is 11.3 Å². The van der Waals surface area contributed by atoms with Gasteiger partial charge < -0.3 is 0 Å². The third-order valence-corrected chi connectivity index (χ3v) is 3.48. The summed E-state index contributed by atoms with van der Waals surface area (Å²) >= 11 is 1.69. The van der Waals surface area contributed by atoms with Gasteiger partial charge in [-0.2, -0.15) is 0 Å². The SMILES string of the molecule is Cc1ncsc1CCCC(=O)C(C)(C)C. The molecule has 0 amide bonds. The van der Waals surface area contributed by atoms with Crippen LogP contribution in [-0.2, 0) is 11.2 Å². The molecule has 0 N–H and O–H groups in total. The van der Waals surface area contributed by atoms with E-state index >= 15 is 0 Å². The number of aromatic nitrogens is 1. The van der Waals surface area contributed by atoms with Crippen LogP contribution in [0, 0.1) is 12.3 Å². The van der Waals surface area contributed by atoms with Crippen LogP contribution >= 0.6 is 11.3 Å². The molecule has 3 heteroatoms. The van der Waals surface area contributed by atoms with E-state index in [4.69, 9.17) is 0 Å². The maximum atomic E-state index is 11.7. The average Bonchev–Trinajstić information content (AvgIpc) is 2.50. The van der Waals surface area contributed by atoms with E-state index in [1.807, 2.05) is 33.2 Å². The number of rotatable bonds is 4. The molecule has 0 radical (unpaired) electrons. The first-order valence-corrected chi connectivity index (χ1v) is 6.21. The molecule has 1 rings (SSSR count). The summed E-state index contributed by atoms with van der Waals surface area (Å²) in [6.07, 6.45) is 2.61. The van der Waals surface area contributed by atoms with E-state index in [0.717, 1.165) is 18.5 Å². The second-order valence-corrected chi connectivity index (χ2v) is 5.83. The molecule has 0 aliphatic heterocycles. The number of carbonyl (C=O) groups excluding carboxylic acids is 1. The summed E-state index contributed by atoms with van der Waals surface area (Å²) in [6, 6.07) is 0. The Labute approximate surface area is 95.7 Å². The Bertz CT molecular complexity index is 336. The standard InChI is InChI=1S/C12H19NOS/c1-9-10(15-8-13-9)6-5-7-11(14)12(2,3)4/h8H,5-7H2,1-4H3. The number of aryl methyl sites for hydroxylation is 2. The number of thiazole rings is 1. The van der Waals surface area contributed by atoms with Crippen LogP contribution in [0.4, 0.5) is 0 Å². The van der Waals surface area contributed by atoms with Crippen LogP contribution in [0.3, 0.4) is 0 Å². The molecule has 1 heterocycles. The number of nitrogens with zero attached hydrogens (tertiary/aromatic N) is 1. The average molecular weight is 225 g/mol. The lowest BCUT2D eigenvalue weighted by atomic mass is 9.88. The molecule has 0 aromatic carbocycles. The van der Waals surface area contributed by atoms with E-state index in [2.05, 4.69) is 4.98 Å². The highest BCUT2D eigenvalue weighted by Crippen LogP contribution is 2.20. The molecule has 0 aliphatic rings. The molecular formula is C12H19NOS. The maximum Gasteiger partial charge on any atom is 0.138 e. The molecule has 0 atom stereocenters. The second-order valence-electron chi connectivity index (χ2n) is 4.89. The number of hydrogen-bond acceptors (Lipinski definition) is 3. The monoisotopic (exact) mass is 225 g/mol. The van der Waals surface area contributed by atoms with Gasteiger partial charge in [-0.1, -0.05) is 20.8 Å². The van der Waals surface area contributed by atoms with Gasteiger partial charge in [0.1, 0.15) is 5.78 Å². The molecule has 15 heavy (non-hydrogen) atoms. The van der Waals surface area contributed by atoms with Crippen molar-refractivity contribution in [3.8, 4) is 0 Å². The van der Waals surface area contributed by atoms with E-state index in [1.165, 1.54) is 4.88 Å². The van der Waals surface area contributed by atoms with E-state index < -0.39 is 0 Å². The molecule has 2 nitrogen and oxygen atoms in total. The van der Waals surface area contributed by atoms with Gasteiger partial charge in [-0.15, -0.1) is 11.3 Å².